The van der Waals surface area contributed by atoms with Crippen LogP contribution in [0.5, 0.6) is 0 Å². The second-order valence-electron chi connectivity index (χ2n) is 7.82. The van der Waals surface area contributed by atoms with Crippen molar-refractivity contribution >= 4 is 29.1 Å². The highest BCUT2D eigenvalue weighted by molar-refractivity contribution is 5.83. The van der Waals surface area contributed by atoms with Gasteiger partial charge in [-0.1, -0.05) is 12.2 Å². The fourth-order valence-electron chi connectivity index (χ4n) is 4.47. The van der Waals surface area contributed by atoms with Crippen LogP contribution < -0.4 is 11.2 Å². The molecule has 2 fully saturated rings. The smallest absolute Gasteiger partial charge is 0.247 e. The standard InChI is InChI=1S/C18H23N7O4/c19-15-12-16(25(7-20-12)17-14(28)13(27)11(6-26)29-17)23-18(22-15)24-21-5-10-4-8-1-2-9(10)3-8/h1-2,5,7-11,13-14,17,26-28H,3-4,6H2,(H3,19,22,23,24)/b21-5+/t8-,9+,10+,11-,13-,14-,17-/m1/s1. The fraction of sp³-hybridized carbons (Fsp3) is 0.556. The van der Waals surface area contributed by atoms with Gasteiger partial charge in [-0.2, -0.15) is 15.1 Å². The van der Waals surface area contributed by atoms with Crippen molar-refractivity contribution in [3.05, 3.63) is 18.5 Å². The molecule has 29 heavy (non-hydrogen) atoms. The van der Waals surface area contributed by atoms with E-state index in [1.54, 1.807) is 0 Å². The number of hydrogen-bond acceptors (Lipinski definition) is 10. The predicted octanol–water partition coefficient (Wildman–Crippen LogP) is -0.370. The van der Waals surface area contributed by atoms with Crippen LogP contribution in [0.3, 0.4) is 0 Å². The van der Waals surface area contributed by atoms with E-state index in [-0.39, 0.29) is 11.8 Å². The highest BCUT2D eigenvalue weighted by Gasteiger charge is 2.44. The fourth-order valence-corrected chi connectivity index (χ4v) is 4.47. The monoisotopic (exact) mass is 401 g/mol. The van der Waals surface area contributed by atoms with Gasteiger partial charge in [0.2, 0.25) is 5.95 Å². The minimum atomic E-state index is -1.25. The first-order valence-electron chi connectivity index (χ1n) is 9.65. The van der Waals surface area contributed by atoms with Gasteiger partial charge in [0.25, 0.3) is 0 Å². The summed E-state index contributed by atoms with van der Waals surface area (Å²) in [5, 5.41) is 33.9. The minimum absolute atomic E-state index is 0.154. The highest BCUT2D eigenvalue weighted by atomic mass is 16.6. The first-order valence-corrected chi connectivity index (χ1v) is 9.65. The zero-order valence-corrected chi connectivity index (χ0v) is 15.5. The van der Waals surface area contributed by atoms with Gasteiger partial charge in [-0.15, -0.1) is 0 Å². The van der Waals surface area contributed by atoms with Crippen molar-refractivity contribution in [3.8, 4) is 0 Å². The molecule has 0 unspecified atom stereocenters. The van der Waals surface area contributed by atoms with Crippen LogP contribution in [-0.4, -0.2) is 66.0 Å². The molecule has 7 atom stereocenters. The number of aromatic nitrogens is 4. The lowest BCUT2D eigenvalue weighted by Gasteiger charge is -2.16. The van der Waals surface area contributed by atoms with Gasteiger partial charge in [-0.25, -0.2) is 10.4 Å². The molecule has 1 aliphatic heterocycles. The number of hydrazone groups is 1. The van der Waals surface area contributed by atoms with Crippen LogP contribution in [0.25, 0.3) is 11.2 Å². The summed E-state index contributed by atoms with van der Waals surface area (Å²) < 4.78 is 7.02. The second kappa shape index (κ2) is 7.02. The molecular formula is C18H23N7O4. The molecule has 3 heterocycles. The number of imidazole rings is 1. The normalized spacial score (nSPS) is 36.0. The number of rotatable bonds is 5. The number of aliphatic hydroxyl groups is 3. The Hall–Kier alpha value is -2.60. The van der Waals surface area contributed by atoms with Gasteiger partial charge in [0.1, 0.15) is 23.8 Å². The van der Waals surface area contributed by atoms with E-state index in [0.29, 0.717) is 28.9 Å². The maximum absolute atomic E-state index is 10.3. The number of nitrogens with one attached hydrogen (secondary N) is 1. The van der Waals surface area contributed by atoms with Gasteiger partial charge in [0.05, 0.1) is 12.9 Å². The molecule has 1 saturated carbocycles. The molecule has 2 bridgehead atoms. The lowest BCUT2D eigenvalue weighted by atomic mass is 9.95. The molecule has 6 N–H and O–H groups in total. The van der Waals surface area contributed by atoms with Gasteiger partial charge >= 0.3 is 0 Å². The first kappa shape index (κ1) is 18.4. The number of anilines is 2. The lowest BCUT2D eigenvalue weighted by molar-refractivity contribution is -0.0511. The van der Waals surface area contributed by atoms with E-state index in [2.05, 4.69) is 37.6 Å². The second-order valence-corrected chi connectivity index (χ2v) is 7.82. The third-order valence-corrected chi connectivity index (χ3v) is 6.00. The van der Waals surface area contributed by atoms with Crippen LogP contribution in [-0.2, 0) is 4.74 Å². The van der Waals surface area contributed by atoms with Gasteiger partial charge in [-0.3, -0.25) is 4.57 Å². The lowest BCUT2D eigenvalue weighted by Crippen LogP contribution is -2.33. The number of nitrogen functional groups attached to an aromatic ring is 1. The maximum atomic E-state index is 10.3. The zero-order chi connectivity index (χ0) is 20.1. The number of nitrogens with two attached hydrogens (primary N) is 1. The highest BCUT2D eigenvalue weighted by Crippen LogP contribution is 2.42. The van der Waals surface area contributed by atoms with Gasteiger partial charge < -0.3 is 25.8 Å². The molecule has 5 rings (SSSR count). The Morgan fingerprint density at radius 1 is 1.28 bits per heavy atom. The van der Waals surface area contributed by atoms with Crippen LogP contribution in [0.4, 0.5) is 11.8 Å². The largest absolute Gasteiger partial charge is 0.394 e. The van der Waals surface area contributed by atoms with Crippen LogP contribution in [0.15, 0.2) is 23.6 Å². The summed E-state index contributed by atoms with van der Waals surface area (Å²) in [6, 6.07) is 0. The molecule has 2 aliphatic carbocycles. The molecule has 11 heteroatoms. The Bertz CT molecular complexity index is 977. The molecule has 11 nitrogen and oxygen atoms in total. The third-order valence-electron chi connectivity index (χ3n) is 6.00. The van der Waals surface area contributed by atoms with E-state index in [1.165, 1.54) is 17.3 Å². The maximum Gasteiger partial charge on any atom is 0.247 e. The van der Waals surface area contributed by atoms with E-state index in [4.69, 9.17) is 10.5 Å². The Balaban J connectivity index is 1.39. The Morgan fingerprint density at radius 3 is 2.83 bits per heavy atom. The van der Waals surface area contributed by atoms with Crippen molar-refractivity contribution in [3.63, 3.8) is 0 Å². The zero-order valence-electron chi connectivity index (χ0n) is 15.5. The van der Waals surface area contributed by atoms with E-state index < -0.39 is 31.1 Å². The van der Waals surface area contributed by atoms with Crippen LogP contribution in [0, 0.1) is 17.8 Å². The third kappa shape index (κ3) is 3.06. The number of hydrogen-bond donors (Lipinski definition) is 5. The van der Waals surface area contributed by atoms with Crippen molar-refractivity contribution in [2.75, 3.05) is 17.8 Å². The van der Waals surface area contributed by atoms with E-state index in [9.17, 15) is 15.3 Å². The molecule has 2 aromatic rings. The van der Waals surface area contributed by atoms with Crippen molar-refractivity contribution in [2.45, 2.75) is 37.4 Å². The first-order chi connectivity index (χ1) is 14.0. The summed E-state index contributed by atoms with van der Waals surface area (Å²) in [7, 11) is 0. The van der Waals surface area contributed by atoms with E-state index in [0.717, 1.165) is 6.42 Å². The molecule has 0 spiro atoms. The van der Waals surface area contributed by atoms with Crippen LogP contribution >= 0.6 is 0 Å². The molecule has 1 saturated heterocycles. The van der Waals surface area contributed by atoms with Crippen molar-refractivity contribution < 1.29 is 20.1 Å². The molecule has 2 aromatic heterocycles. The van der Waals surface area contributed by atoms with Crippen LogP contribution in [0.1, 0.15) is 19.1 Å². The summed E-state index contributed by atoms with van der Waals surface area (Å²) in [5.41, 5.74) is 9.50. The number of ether oxygens (including phenoxy) is 1. The van der Waals surface area contributed by atoms with Gasteiger partial charge in [0, 0.05) is 12.1 Å². The topological polar surface area (TPSA) is 164 Å². The average Bonchev–Trinajstić information content (AvgIpc) is 3.47. The molecular weight excluding hydrogens is 378 g/mol. The molecule has 0 amide bonds. The van der Waals surface area contributed by atoms with Crippen molar-refractivity contribution in [2.24, 2.45) is 22.9 Å². The predicted molar refractivity (Wildman–Crippen MR) is 104 cm³/mol. The molecule has 0 radical (unpaired) electrons. The quantitative estimate of drug-likeness (QED) is 0.255. The number of fused-ring (bicyclic) bond motifs is 3. The summed E-state index contributed by atoms with van der Waals surface area (Å²) in [4.78, 5) is 12.8. The van der Waals surface area contributed by atoms with E-state index in [1.807, 2.05) is 6.21 Å². The molecule has 0 aromatic carbocycles. The van der Waals surface area contributed by atoms with Crippen molar-refractivity contribution in [1.29, 1.82) is 0 Å². The van der Waals surface area contributed by atoms with Gasteiger partial charge in [0.15, 0.2) is 17.7 Å². The number of allylic oxidation sites excluding steroid dienone is 2. The van der Waals surface area contributed by atoms with Crippen molar-refractivity contribution in [1.82, 2.24) is 19.5 Å². The van der Waals surface area contributed by atoms with Gasteiger partial charge in [-0.05, 0) is 24.7 Å². The summed E-state index contributed by atoms with van der Waals surface area (Å²) in [6.45, 7) is -0.418. The van der Waals surface area contributed by atoms with E-state index >= 15 is 0 Å². The van der Waals surface area contributed by atoms with Crippen LogP contribution in [0.2, 0.25) is 0 Å². The Morgan fingerprint density at radius 2 is 2.14 bits per heavy atom. The minimum Gasteiger partial charge on any atom is -0.394 e. The molecule has 3 aliphatic rings. The number of nitrogens with zero attached hydrogens (tertiary/aromatic N) is 5. The summed E-state index contributed by atoms with van der Waals surface area (Å²) >= 11 is 0. The molecule has 154 valence electrons. The number of aliphatic hydroxyl groups excluding tert-OH is 3. The summed E-state index contributed by atoms with van der Waals surface area (Å²) in [5.74, 6) is 1.96. The SMILES string of the molecule is Nc1nc(N/N=C/[C@@H]2C[C@@H]3C=C[C@H]2C3)nc2c1ncn2[C@@H]1O[C@H](CO)[C@@H](O)[C@H]1O. The summed E-state index contributed by atoms with van der Waals surface area (Å²) in [6.07, 6.45) is 5.79. The Labute approximate surface area is 165 Å². The average molecular weight is 401 g/mol. The Kier molecular flexibility index (Phi) is 4.46.